The van der Waals surface area contributed by atoms with Crippen LogP contribution in [0.1, 0.15) is 11.4 Å². The third-order valence-corrected chi connectivity index (χ3v) is 2.45. The lowest BCUT2D eigenvalue weighted by molar-refractivity contribution is 0.627. The molecule has 1 heterocycles. The minimum absolute atomic E-state index is 0.219. The molecule has 16 heavy (non-hydrogen) atoms. The Morgan fingerprint density at radius 3 is 2.88 bits per heavy atom. The summed E-state index contributed by atoms with van der Waals surface area (Å²) in [5.74, 6) is 0.115. The number of benzene rings is 1. The van der Waals surface area contributed by atoms with Gasteiger partial charge < -0.3 is 4.98 Å². The molecular weight excluding hydrogens is 231 g/mol. The Labute approximate surface area is 95.9 Å². The Kier molecular flexibility index (Phi) is 3.01. The average Bonchev–Trinajstić information content (AvgIpc) is 2.22. The van der Waals surface area contributed by atoms with Gasteiger partial charge >= 0.3 is 0 Å². The molecule has 0 saturated heterocycles. The van der Waals surface area contributed by atoms with Gasteiger partial charge in [-0.3, -0.25) is 4.79 Å². The Morgan fingerprint density at radius 2 is 2.19 bits per heavy atom. The van der Waals surface area contributed by atoms with Crippen LogP contribution in [0.2, 0.25) is 5.02 Å². The molecule has 0 radical (unpaired) electrons. The van der Waals surface area contributed by atoms with Crippen LogP contribution in [0, 0.1) is 5.82 Å². The fourth-order valence-electron chi connectivity index (χ4n) is 1.35. The molecule has 1 aromatic carbocycles. The van der Waals surface area contributed by atoms with E-state index in [4.69, 9.17) is 11.6 Å². The van der Waals surface area contributed by atoms with Crippen LogP contribution in [-0.4, -0.2) is 9.97 Å². The van der Waals surface area contributed by atoms with E-state index < -0.39 is 0 Å². The Hall–Kier alpha value is -1.68. The van der Waals surface area contributed by atoms with Gasteiger partial charge in [-0.2, -0.15) is 0 Å². The summed E-state index contributed by atoms with van der Waals surface area (Å²) < 4.78 is 12.8. The van der Waals surface area contributed by atoms with Crippen LogP contribution in [0.5, 0.6) is 0 Å². The SMILES string of the molecule is O=c1ccnc(Cc2ccc(F)cc2Cl)[nH]1. The number of nitrogens with one attached hydrogen (secondary N) is 1. The number of rotatable bonds is 2. The average molecular weight is 239 g/mol. The van der Waals surface area contributed by atoms with E-state index >= 15 is 0 Å². The maximum Gasteiger partial charge on any atom is 0.250 e. The summed E-state index contributed by atoms with van der Waals surface area (Å²) in [7, 11) is 0. The smallest absolute Gasteiger partial charge is 0.250 e. The fraction of sp³-hybridized carbons (Fsp3) is 0.0909. The first-order valence-corrected chi connectivity index (χ1v) is 5.01. The summed E-state index contributed by atoms with van der Waals surface area (Å²) in [4.78, 5) is 17.6. The summed E-state index contributed by atoms with van der Waals surface area (Å²) in [6, 6.07) is 5.46. The third-order valence-electron chi connectivity index (χ3n) is 2.10. The number of aromatic amines is 1. The van der Waals surface area contributed by atoms with E-state index in [1.807, 2.05) is 0 Å². The molecule has 5 heteroatoms. The maximum atomic E-state index is 12.8. The Morgan fingerprint density at radius 1 is 1.38 bits per heavy atom. The van der Waals surface area contributed by atoms with Crippen LogP contribution < -0.4 is 5.56 Å². The van der Waals surface area contributed by atoms with Crippen molar-refractivity contribution in [2.24, 2.45) is 0 Å². The molecule has 2 aromatic rings. The number of hydrogen-bond donors (Lipinski definition) is 1. The number of hydrogen-bond acceptors (Lipinski definition) is 2. The highest BCUT2D eigenvalue weighted by Gasteiger charge is 2.04. The molecule has 0 fully saturated rings. The normalized spacial score (nSPS) is 10.4. The molecule has 0 bridgehead atoms. The van der Waals surface area contributed by atoms with Gasteiger partial charge in [0.2, 0.25) is 0 Å². The predicted molar refractivity (Wildman–Crippen MR) is 59.1 cm³/mol. The molecule has 0 unspecified atom stereocenters. The van der Waals surface area contributed by atoms with Gasteiger partial charge in [0.25, 0.3) is 5.56 Å². The molecule has 0 atom stereocenters. The van der Waals surface area contributed by atoms with Gasteiger partial charge in [0.15, 0.2) is 0 Å². The van der Waals surface area contributed by atoms with Crippen molar-refractivity contribution in [3.05, 3.63) is 63.0 Å². The van der Waals surface area contributed by atoms with Crippen LogP contribution in [-0.2, 0) is 6.42 Å². The van der Waals surface area contributed by atoms with Crippen molar-refractivity contribution in [3.8, 4) is 0 Å². The summed E-state index contributed by atoms with van der Waals surface area (Å²) in [6.07, 6.45) is 1.79. The van der Waals surface area contributed by atoms with Crippen molar-refractivity contribution in [2.45, 2.75) is 6.42 Å². The molecule has 2 rings (SSSR count). The van der Waals surface area contributed by atoms with E-state index in [1.54, 1.807) is 6.07 Å². The van der Waals surface area contributed by atoms with E-state index in [0.29, 0.717) is 17.3 Å². The lowest BCUT2D eigenvalue weighted by Gasteiger charge is -2.03. The number of halogens is 2. The van der Waals surface area contributed by atoms with E-state index in [0.717, 1.165) is 5.56 Å². The van der Waals surface area contributed by atoms with Crippen LogP contribution >= 0.6 is 11.6 Å². The molecule has 3 nitrogen and oxygen atoms in total. The van der Waals surface area contributed by atoms with Gasteiger partial charge in [0, 0.05) is 23.7 Å². The van der Waals surface area contributed by atoms with E-state index in [1.165, 1.54) is 24.4 Å². The molecule has 0 aliphatic carbocycles. The molecular formula is C11H8ClFN2O. The van der Waals surface area contributed by atoms with Crippen molar-refractivity contribution in [1.82, 2.24) is 9.97 Å². The minimum Gasteiger partial charge on any atom is -0.310 e. The molecule has 1 N–H and O–H groups in total. The van der Waals surface area contributed by atoms with Crippen LogP contribution in [0.3, 0.4) is 0 Å². The van der Waals surface area contributed by atoms with Crippen LogP contribution in [0.15, 0.2) is 35.3 Å². The molecule has 0 aliphatic rings. The number of aromatic nitrogens is 2. The van der Waals surface area contributed by atoms with Gasteiger partial charge in [-0.25, -0.2) is 9.37 Å². The zero-order valence-corrected chi connectivity index (χ0v) is 8.96. The Bertz CT molecular complexity index is 568. The van der Waals surface area contributed by atoms with Gasteiger partial charge in [0.05, 0.1) is 0 Å². The highest BCUT2D eigenvalue weighted by Crippen LogP contribution is 2.18. The highest BCUT2D eigenvalue weighted by molar-refractivity contribution is 6.31. The first-order valence-electron chi connectivity index (χ1n) is 4.63. The van der Waals surface area contributed by atoms with Gasteiger partial charge in [-0.05, 0) is 17.7 Å². The van der Waals surface area contributed by atoms with Gasteiger partial charge in [-0.15, -0.1) is 0 Å². The zero-order valence-electron chi connectivity index (χ0n) is 8.21. The summed E-state index contributed by atoms with van der Waals surface area (Å²) >= 11 is 5.86. The second kappa shape index (κ2) is 4.45. The van der Waals surface area contributed by atoms with E-state index in [2.05, 4.69) is 9.97 Å². The monoisotopic (exact) mass is 238 g/mol. The molecule has 82 valence electrons. The quantitative estimate of drug-likeness (QED) is 0.872. The standard InChI is InChI=1S/C11H8ClFN2O/c12-9-6-8(13)2-1-7(9)5-10-14-4-3-11(16)15-10/h1-4,6H,5H2,(H,14,15,16). The lowest BCUT2D eigenvalue weighted by atomic mass is 10.1. The van der Waals surface area contributed by atoms with Crippen molar-refractivity contribution < 1.29 is 4.39 Å². The Balaban J connectivity index is 2.30. The summed E-state index contributed by atoms with van der Waals surface area (Å²) in [6.45, 7) is 0. The van der Waals surface area contributed by atoms with Gasteiger partial charge in [-0.1, -0.05) is 17.7 Å². The maximum absolute atomic E-state index is 12.8. The number of nitrogens with zero attached hydrogens (tertiary/aromatic N) is 1. The van der Waals surface area contributed by atoms with E-state index in [9.17, 15) is 9.18 Å². The number of H-pyrrole nitrogens is 1. The van der Waals surface area contributed by atoms with Crippen LogP contribution in [0.25, 0.3) is 0 Å². The molecule has 1 aromatic heterocycles. The molecule has 0 aliphatic heterocycles. The molecule has 0 spiro atoms. The first-order chi connectivity index (χ1) is 7.65. The fourth-order valence-corrected chi connectivity index (χ4v) is 1.58. The van der Waals surface area contributed by atoms with E-state index in [-0.39, 0.29) is 11.4 Å². The summed E-state index contributed by atoms with van der Waals surface area (Å²) in [5, 5.41) is 0.325. The molecule has 0 amide bonds. The second-order valence-corrected chi connectivity index (χ2v) is 3.70. The van der Waals surface area contributed by atoms with Crippen molar-refractivity contribution in [1.29, 1.82) is 0 Å². The lowest BCUT2D eigenvalue weighted by Crippen LogP contribution is -2.09. The van der Waals surface area contributed by atoms with Crippen molar-refractivity contribution >= 4 is 11.6 Å². The largest absolute Gasteiger partial charge is 0.310 e. The zero-order chi connectivity index (χ0) is 11.5. The third kappa shape index (κ3) is 2.46. The van der Waals surface area contributed by atoms with Gasteiger partial charge in [0.1, 0.15) is 11.6 Å². The highest BCUT2D eigenvalue weighted by atomic mass is 35.5. The van der Waals surface area contributed by atoms with Crippen LogP contribution in [0.4, 0.5) is 4.39 Å². The van der Waals surface area contributed by atoms with Crippen molar-refractivity contribution in [2.75, 3.05) is 0 Å². The first kappa shape index (κ1) is 10.8. The predicted octanol–water partition coefficient (Wildman–Crippen LogP) is 2.15. The molecule has 0 saturated carbocycles. The van der Waals surface area contributed by atoms with Crippen molar-refractivity contribution in [3.63, 3.8) is 0 Å². The second-order valence-electron chi connectivity index (χ2n) is 3.29. The topological polar surface area (TPSA) is 45.8 Å². The minimum atomic E-state index is -0.386. The summed E-state index contributed by atoms with van der Waals surface area (Å²) in [5.41, 5.74) is 0.501.